The molecule has 7 heteroatoms. The summed E-state index contributed by atoms with van der Waals surface area (Å²) in [4.78, 5) is 44.8. The zero-order chi connectivity index (χ0) is 26.0. The van der Waals surface area contributed by atoms with E-state index in [-0.39, 0.29) is 23.8 Å². The first-order valence-corrected chi connectivity index (χ1v) is 13.3. The Bertz CT molecular complexity index is 1210. The number of benzene rings is 2. The van der Waals surface area contributed by atoms with Crippen LogP contribution in [0.4, 0.5) is 16.2 Å². The molecule has 194 valence electrons. The molecule has 0 bridgehead atoms. The molecule has 2 aromatic carbocycles. The highest BCUT2D eigenvalue weighted by molar-refractivity contribution is 6.05. The van der Waals surface area contributed by atoms with Crippen LogP contribution in [0.1, 0.15) is 64.7 Å². The summed E-state index contributed by atoms with van der Waals surface area (Å²) < 4.78 is 0. The first-order chi connectivity index (χ1) is 18.0. The van der Waals surface area contributed by atoms with Gasteiger partial charge in [-0.1, -0.05) is 62.1 Å². The number of Topliss-reactive ketones (excluding diaryl/α,β-unsaturated/α-hetero) is 1. The molecule has 7 nitrogen and oxygen atoms in total. The zero-order valence-corrected chi connectivity index (χ0v) is 21.5. The molecule has 0 spiro atoms. The van der Waals surface area contributed by atoms with Gasteiger partial charge in [-0.25, -0.2) is 4.79 Å². The quantitative estimate of drug-likeness (QED) is 0.305. The molecule has 37 heavy (non-hydrogen) atoms. The molecule has 1 fully saturated rings. The van der Waals surface area contributed by atoms with E-state index in [1.54, 1.807) is 18.0 Å². The number of nitrogens with one attached hydrogen (secondary N) is 2. The molecular weight excluding hydrogens is 464 g/mol. The van der Waals surface area contributed by atoms with Crippen molar-refractivity contribution in [2.75, 3.05) is 10.2 Å². The van der Waals surface area contributed by atoms with Crippen LogP contribution in [0.25, 0.3) is 10.9 Å². The second-order valence-electron chi connectivity index (χ2n) is 9.86. The largest absolute Gasteiger partial charge is 0.335 e. The van der Waals surface area contributed by atoms with Crippen LogP contribution >= 0.6 is 0 Å². The van der Waals surface area contributed by atoms with E-state index < -0.39 is 6.04 Å². The average Bonchev–Trinajstić information content (AvgIpc) is 3.41. The summed E-state index contributed by atoms with van der Waals surface area (Å²) in [6.45, 7) is 1.60. The van der Waals surface area contributed by atoms with Crippen molar-refractivity contribution in [3.63, 3.8) is 0 Å². The number of pyridine rings is 1. The van der Waals surface area contributed by atoms with E-state index in [9.17, 15) is 14.4 Å². The Morgan fingerprint density at radius 1 is 0.973 bits per heavy atom. The maximum atomic E-state index is 13.8. The number of carbonyl (C=O) groups excluding carboxylic acids is 3. The van der Waals surface area contributed by atoms with E-state index in [0.717, 1.165) is 55.8 Å². The number of anilines is 2. The summed E-state index contributed by atoms with van der Waals surface area (Å²) in [5.41, 5.74) is 2.12. The summed E-state index contributed by atoms with van der Waals surface area (Å²) >= 11 is 0. The molecule has 1 aromatic heterocycles. The van der Waals surface area contributed by atoms with E-state index in [1.165, 1.54) is 0 Å². The Morgan fingerprint density at radius 3 is 2.46 bits per heavy atom. The predicted molar refractivity (Wildman–Crippen MR) is 148 cm³/mol. The van der Waals surface area contributed by atoms with Crippen LogP contribution in [-0.4, -0.2) is 34.8 Å². The summed E-state index contributed by atoms with van der Waals surface area (Å²) in [7, 11) is 0. The Kier molecular flexibility index (Phi) is 9.24. The monoisotopic (exact) mass is 500 g/mol. The van der Waals surface area contributed by atoms with Crippen LogP contribution in [0.3, 0.4) is 0 Å². The molecule has 0 saturated heterocycles. The fraction of sp³-hybridized carbons (Fsp3) is 0.400. The first kappa shape index (κ1) is 26.3. The van der Waals surface area contributed by atoms with Crippen LogP contribution in [0.2, 0.25) is 0 Å². The number of unbranched alkanes of at least 4 members (excludes halogenated alkanes) is 2. The number of nitrogens with zero attached hydrogens (tertiary/aromatic N) is 2. The molecule has 0 unspecified atom stereocenters. The topological polar surface area (TPSA) is 91.4 Å². The molecule has 4 rings (SSSR count). The molecule has 0 radical (unpaired) electrons. The van der Waals surface area contributed by atoms with Crippen LogP contribution in [0.15, 0.2) is 66.9 Å². The van der Waals surface area contributed by atoms with Gasteiger partial charge in [-0.15, -0.1) is 0 Å². The fourth-order valence-corrected chi connectivity index (χ4v) is 4.97. The van der Waals surface area contributed by atoms with Gasteiger partial charge in [0, 0.05) is 23.5 Å². The number of urea groups is 1. The highest BCUT2D eigenvalue weighted by Crippen LogP contribution is 2.25. The van der Waals surface area contributed by atoms with Gasteiger partial charge >= 0.3 is 6.03 Å². The van der Waals surface area contributed by atoms with Gasteiger partial charge in [0.15, 0.2) is 0 Å². The summed E-state index contributed by atoms with van der Waals surface area (Å²) in [5, 5.41) is 7.11. The highest BCUT2D eigenvalue weighted by atomic mass is 16.2. The average molecular weight is 501 g/mol. The van der Waals surface area contributed by atoms with Crippen LogP contribution in [0, 0.1) is 0 Å². The Balaban J connectivity index is 1.58. The maximum absolute atomic E-state index is 13.8. The molecule has 1 aliphatic rings. The third kappa shape index (κ3) is 7.38. The third-order valence-corrected chi connectivity index (χ3v) is 6.91. The van der Waals surface area contributed by atoms with Gasteiger partial charge in [-0.2, -0.15) is 0 Å². The number of carbonyl (C=O) groups is 3. The van der Waals surface area contributed by atoms with Gasteiger partial charge < -0.3 is 15.4 Å². The lowest BCUT2D eigenvalue weighted by atomic mass is 10.0. The van der Waals surface area contributed by atoms with Gasteiger partial charge in [-0.05, 0) is 56.9 Å². The summed E-state index contributed by atoms with van der Waals surface area (Å²) in [5.74, 6) is -0.0889. The van der Waals surface area contributed by atoms with Crippen molar-refractivity contribution in [3.8, 4) is 0 Å². The Morgan fingerprint density at radius 2 is 1.70 bits per heavy atom. The molecule has 1 heterocycles. The summed E-state index contributed by atoms with van der Waals surface area (Å²) in [6.07, 6.45) is 9.10. The van der Waals surface area contributed by atoms with Crippen molar-refractivity contribution < 1.29 is 14.4 Å². The van der Waals surface area contributed by atoms with Crippen molar-refractivity contribution in [1.82, 2.24) is 10.3 Å². The van der Waals surface area contributed by atoms with Gasteiger partial charge in [0.05, 0.1) is 17.4 Å². The number of hydrogen-bond acceptors (Lipinski definition) is 4. The molecule has 1 saturated carbocycles. The van der Waals surface area contributed by atoms with Gasteiger partial charge in [0.2, 0.25) is 5.91 Å². The second-order valence-corrected chi connectivity index (χ2v) is 9.86. The minimum Gasteiger partial charge on any atom is -0.335 e. The zero-order valence-electron chi connectivity index (χ0n) is 21.5. The fourth-order valence-electron chi connectivity index (χ4n) is 4.97. The number of para-hydroxylation sites is 2. The van der Waals surface area contributed by atoms with Crippen LogP contribution < -0.4 is 15.5 Å². The molecule has 3 aromatic rings. The molecule has 2 N–H and O–H groups in total. The Hall–Kier alpha value is -3.74. The van der Waals surface area contributed by atoms with Crippen molar-refractivity contribution in [3.05, 3.63) is 66.9 Å². The third-order valence-electron chi connectivity index (χ3n) is 6.91. The van der Waals surface area contributed by atoms with Crippen LogP contribution in [-0.2, 0) is 9.59 Å². The summed E-state index contributed by atoms with van der Waals surface area (Å²) in [6, 6.07) is 18.2. The number of amides is 3. The van der Waals surface area contributed by atoms with Gasteiger partial charge in [-0.3, -0.25) is 14.7 Å². The number of hydrogen-bond donors (Lipinski definition) is 2. The molecular formula is C30H36N4O3. The smallest absolute Gasteiger partial charge is 0.322 e. The minimum atomic E-state index is -0.715. The lowest BCUT2D eigenvalue weighted by molar-refractivity contribution is -0.118. The number of fused-ring (bicyclic) bond motifs is 1. The molecule has 0 aliphatic heterocycles. The lowest BCUT2D eigenvalue weighted by Crippen LogP contribution is -2.53. The highest BCUT2D eigenvalue weighted by Gasteiger charge is 2.32. The minimum absolute atomic E-state index is 0.127. The van der Waals surface area contributed by atoms with Crippen molar-refractivity contribution >= 4 is 40.0 Å². The Labute approximate surface area is 218 Å². The molecule has 3 amide bonds. The second kappa shape index (κ2) is 13.0. The standard InChI is InChI=1S/C30H36N4O3/c1-22(35)12-4-2-7-19-28(29(36)32-25-20-23-13-8-11-18-27(23)31-21-25)34(26-16-5-3-6-17-26)30(37)33-24-14-9-10-15-24/h3,5-6,8,11,13,16-18,20-21,24,28H,2,4,7,9-10,12,14-15,19H2,1H3,(H,32,36)(H,33,37)/t28-/m0/s1. The van der Waals surface area contributed by atoms with E-state index in [2.05, 4.69) is 15.6 Å². The van der Waals surface area contributed by atoms with Gasteiger partial charge in [0.25, 0.3) is 0 Å². The maximum Gasteiger partial charge on any atom is 0.322 e. The van der Waals surface area contributed by atoms with Crippen molar-refractivity contribution in [2.45, 2.75) is 76.8 Å². The first-order valence-electron chi connectivity index (χ1n) is 13.3. The number of rotatable bonds is 11. The molecule has 1 atom stereocenters. The van der Waals surface area contributed by atoms with E-state index in [4.69, 9.17) is 0 Å². The lowest BCUT2D eigenvalue weighted by Gasteiger charge is -2.32. The van der Waals surface area contributed by atoms with Crippen molar-refractivity contribution in [2.24, 2.45) is 0 Å². The number of aromatic nitrogens is 1. The van der Waals surface area contributed by atoms with Gasteiger partial charge in [0.1, 0.15) is 11.8 Å². The SMILES string of the molecule is CC(=O)CCCCC[C@@H](C(=O)Nc1cnc2ccccc2c1)N(C(=O)NC1CCCC1)c1ccccc1. The van der Waals surface area contributed by atoms with Crippen molar-refractivity contribution in [1.29, 1.82) is 0 Å². The van der Waals surface area contributed by atoms with E-state index >= 15 is 0 Å². The van der Waals surface area contributed by atoms with E-state index in [0.29, 0.717) is 24.2 Å². The van der Waals surface area contributed by atoms with Crippen LogP contribution in [0.5, 0.6) is 0 Å². The van der Waals surface area contributed by atoms with E-state index in [1.807, 2.05) is 60.7 Å². The number of ketones is 1. The molecule has 1 aliphatic carbocycles. The predicted octanol–water partition coefficient (Wildman–Crippen LogP) is 6.24. The normalized spacial score (nSPS) is 14.3.